The van der Waals surface area contributed by atoms with E-state index < -0.39 is 5.56 Å². The minimum atomic E-state index is -0.426. The van der Waals surface area contributed by atoms with Gasteiger partial charge in [0.2, 0.25) is 0 Å². The van der Waals surface area contributed by atoms with E-state index in [1.54, 1.807) is 37.4 Å². The number of pyridine rings is 2. The largest absolute Gasteiger partial charge is 0.373 e. The zero-order valence-electron chi connectivity index (χ0n) is 17.6. The molecule has 0 spiro atoms. The molecule has 0 atom stereocenters. The number of carbonyl (C=O) groups is 1. The summed E-state index contributed by atoms with van der Waals surface area (Å²) in [6.07, 6.45) is 1.50. The van der Waals surface area contributed by atoms with Crippen molar-refractivity contribution in [2.45, 2.75) is 0 Å². The van der Waals surface area contributed by atoms with Gasteiger partial charge in [0.25, 0.3) is 11.5 Å². The van der Waals surface area contributed by atoms with Crippen molar-refractivity contribution in [3.63, 3.8) is 0 Å². The number of piperazine rings is 1. The summed E-state index contributed by atoms with van der Waals surface area (Å²) in [7, 11) is 1.71. The molecule has 1 aromatic carbocycles. The second-order valence-corrected chi connectivity index (χ2v) is 7.36. The molecule has 4 rings (SSSR count). The number of aromatic nitrogens is 2. The number of anilines is 3. The molecule has 9 nitrogen and oxygen atoms in total. The molecule has 0 bridgehead atoms. The van der Waals surface area contributed by atoms with Crippen LogP contribution in [-0.4, -0.2) is 49.1 Å². The van der Waals surface area contributed by atoms with Gasteiger partial charge < -0.3 is 25.8 Å². The summed E-state index contributed by atoms with van der Waals surface area (Å²) >= 11 is 0. The van der Waals surface area contributed by atoms with E-state index in [0.29, 0.717) is 28.2 Å². The van der Waals surface area contributed by atoms with Crippen molar-refractivity contribution in [1.82, 2.24) is 15.3 Å². The van der Waals surface area contributed by atoms with Crippen LogP contribution in [0, 0.1) is 11.3 Å². The summed E-state index contributed by atoms with van der Waals surface area (Å²) < 4.78 is 0. The third kappa shape index (κ3) is 4.61. The van der Waals surface area contributed by atoms with E-state index in [1.165, 1.54) is 6.20 Å². The number of nitrogens with zero attached hydrogens (tertiary/aromatic N) is 3. The van der Waals surface area contributed by atoms with Crippen LogP contribution in [0.5, 0.6) is 0 Å². The van der Waals surface area contributed by atoms with Crippen molar-refractivity contribution in [3.8, 4) is 17.3 Å². The van der Waals surface area contributed by atoms with E-state index in [0.717, 1.165) is 31.9 Å². The van der Waals surface area contributed by atoms with Crippen molar-refractivity contribution in [2.24, 2.45) is 0 Å². The monoisotopic (exact) mass is 429 g/mol. The molecule has 0 radical (unpaired) electrons. The summed E-state index contributed by atoms with van der Waals surface area (Å²) in [6, 6.07) is 14.2. The number of rotatable bonds is 5. The Bertz CT molecular complexity index is 1220. The van der Waals surface area contributed by atoms with E-state index in [1.807, 2.05) is 12.1 Å². The van der Waals surface area contributed by atoms with Crippen LogP contribution in [-0.2, 0) is 0 Å². The van der Waals surface area contributed by atoms with Crippen LogP contribution in [0.4, 0.5) is 17.2 Å². The van der Waals surface area contributed by atoms with Crippen molar-refractivity contribution in [2.75, 3.05) is 48.8 Å². The standard InChI is InChI=1S/C23H23N7O2/c1-25-21-11-15(13-24)10-19(28-21)17-12-20(23(32)27-14-17)29-22(31)16-2-4-18(5-3-16)30-8-6-26-7-9-30/h2-5,10-12,14,26H,6-9H2,1H3,(H,25,28)(H,27,32)(H,29,31). The lowest BCUT2D eigenvalue weighted by molar-refractivity contribution is 0.102. The summed E-state index contributed by atoms with van der Waals surface area (Å²) in [5, 5.41) is 18.1. The molecule has 32 heavy (non-hydrogen) atoms. The Labute approximate surface area is 185 Å². The van der Waals surface area contributed by atoms with Gasteiger partial charge in [-0.3, -0.25) is 9.59 Å². The normalized spacial score (nSPS) is 13.3. The minimum absolute atomic E-state index is 0.105. The number of benzene rings is 1. The van der Waals surface area contributed by atoms with Crippen molar-refractivity contribution in [3.05, 3.63) is 70.1 Å². The lowest BCUT2D eigenvalue weighted by atomic mass is 10.1. The van der Waals surface area contributed by atoms with Gasteiger partial charge in [-0.05, 0) is 42.5 Å². The maximum Gasteiger partial charge on any atom is 0.271 e. The fourth-order valence-electron chi connectivity index (χ4n) is 3.54. The zero-order chi connectivity index (χ0) is 22.5. The van der Waals surface area contributed by atoms with Gasteiger partial charge in [-0.1, -0.05) is 0 Å². The summed E-state index contributed by atoms with van der Waals surface area (Å²) in [5.41, 5.74) is 2.70. The van der Waals surface area contributed by atoms with Crippen molar-refractivity contribution in [1.29, 1.82) is 5.26 Å². The topological polar surface area (TPSA) is 126 Å². The van der Waals surface area contributed by atoms with Crippen LogP contribution in [0.15, 0.2) is 53.5 Å². The molecule has 3 aromatic rings. The highest BCUT2D eigenvalue weighted by Gasteiger charge is 2.14. The molecule has 1 fully saturated rings. The first-order valence-corrected chi connectivity index (χ1v) is 10.3. The van der Waals surface area contributed by atoms with E-state index in [9.17, 15) is 14.9 Å². The van der Waals surface area contributed by atoms with Crippen LogP contribution in [0.2, 0.25) is 0 Å². The van der Waals surface area contributed by atoms with Crippen LogP contribution < -0.4 is 26.4 Å². The van der Waals surface area contributed by atoms with Gasteiger partial charge in [0.15, 0.2) is 0 Å². The number of hydrogen-bond acceptors (Lipinski definition) is 7. The molecule has 4 N–H and O–H groups in total. The summed E-state index contributed by atoms with van der Waals surface area (Å²) in [4.78, 5) is 34.4. The highest BCUT2D eigenvalue weighted by molar-refractivity contribution is 6.04. The quantitative estimate of drug-likeness (QED) is 0.489. The van der Waals surface area contributed by atoms with E-state index in [2.05, 4.69) is 36.9 Å². The Morgan fingerprint density at radius 2 is 1.91 bits per heavy atom. The number of hydrogen-bond donors (Lipinski definition) is 4. The molecule has 1 saturated heterocycles. The molecule has 2 aromatic heterocycles. The fraction of sp³-hybridized carbons (Fsp3) is 0.217. The molecule has 162 valence electrons. The molecule has 1 amide bonds. The van der Waals surface area contributed by atoms with Gasteiger partial charge in [0, 0.05) is 56.2 Å². The number of nitrogens with one attached hydrogen (secondary N) is 4. The van der Waals surface area contributed by atoms with E-state index in [4.69, 9.17) is 0 Å². The number of H-pyrrole nitrogens is 1. The first-order chi connectivity index (χ1) is 15.6. The SMILES string of the molecule is CNc1cc(C#N)cc(-c2c[nH]c(=O)c(NC(=O)c3ccc(N4CCNCC4)cc3)c2)n1. The zero-order valence-corrected chi connectivity index (χ0v) is 17.6. The van der Waals surface area contributed by atoms with Crippen LogP contribution >= 0.6 is 0 Å². The highest BCUT2D eigenvalue weighted by atomic mass is 16.2. The Hall–Kier alpha value is -4.16. The Balaban J connectivity index is 1.55. The Morgan fingerprint density at radius 1 is 1.16 bits per heavy atom. The molecule has 1 aliphatic heterocycles. The lowest BCUT2D eigenvalue weighted by Gasteiger charge is -2.29. The Morgan fingerprint density at radius 3 is 2.59 bits per heavy atom. The van der Waals surface area contributed by atoms with Crippen LogP contribution in [0.1, 0.15) is 15.9 Å². The van der Waals surface area contributed by atoms with Crippen molar-refractivity contribution < 1.29 is 4.79 Å². The van der Waals surface area contributed by atoms with Crippen LogP contribution in [0.25, 0.3) is 11.3 Å². The summed E-state index contributed by atoms with van der Waals surface area (Å²) in [5.74, 6) is 0.148. The average Bonchev–Trinajstić information content (AvgIpc) is 2.85. The number of carbonyl (C=O) groups excluding carboxylic acids is 1. The smallest absolute Gasteiger partial charge is 0.271 e. The molecule has 0 aliphatic carbocycles. The molecule has 0 unspecified atom stereocenters. The first kappa shape index (κ1) is 21.1. The highest BCUT2D eigenvalue weighted by Crippen LogP contribution is 2.22. The molecular weight excluding hydrogens is 406 g/mol. The second kappa shape index (κ2) is 9.32. The predicted molar refractivity (Wildman–Crippen MR) is 124 cm³/mol. The minimum Gasteiger partial charge on any atom is -0.373 e. The maximum absolute atomic E-state index is 12.7. The van der Waals surface area contributed by atoms with Gasteiger partial charge >= 0.3 is 0 Å². The number of aromatic amines is 1. The second-order valence-electron chi connectivity index (χ2n) is 7.36. The Kier molecular flexibility index (Phi) is 6.14. The number of amides is 1. The third-order valence-electron chi connectivity index (χ3n) is 5.27. The first-order valence-electron chi connectivity index (χ1n) is 10.3. The van der Waals surface area contributed by atoms with Crippen LogP contribution in [0.3, 0.4) is 0 Å². The van der Waals surface area contributed by atoms with E-state index in [-0.39, 0.29) is 11.6 Å². The molecule has 0 saturated carbocycles. The van der Waals surface area contributed by atoms with Gasteiger partial charge in [0.05, 0.1) is 17.3 Å². The molecular formula is C23H23N7O2. The van der Waals surface area contributed by atoms with Gasteiger partial charge in [-0.2, -0.15) is 5.26 Å². The van der Waals surface area contributed by atoms with Gasteiger partial charge in [-0.15, -0.1) is 0 Å². The lowest BCUT2D eigenvalue weighted by Crippen LogP contribution is -2.43. The third-order valence-corrected chi connectivity index (χ3v) is 5.27. The molecule has 9 heteroatoms. The maximum atomic E-state index is 12.7. The fourth-order valence-corrected chi connectivity index (χ4v) is 3.54. The summed E-state index contributed by atoms with van der Waals surface area (Å²) in [6.45, 7) is 3.71. The van der Waals surface area contributed by atoms with E-state index >= 15 is 0 Å². The van der Waals surface area contributed by atoms with Gasteiger partial charge in [-0.25, -0.2) is 4.98 Å². The van der Waals surface area contributed by atoms with Gasteiger partial charge in [0.1, 0.15) is 11.5 Å². The predicted octanol–water partition coefficient (Wildman–Crippen LogP) is 2.01. The average molecular weight is 429 g/mol. The van der Waals surface area contributed by atoms with Crippen molar-refractivity contribution >= 4 is 23.1 Å². The molecule has 1 aliphatic rings. The number of nitriles is 1. The molecule has 3 heterocycles.